The summed E-state index contributed by atoms with van der Waals surface area (Å²) in [6.45, 7) is 15.9. The molecule has 4 aromatic rings. The molecule has 0 aliphatic carbocycles. The predicted molar refractivity (Wildman–Crippen MR) is 194 cm³/mol. The summed E-state index contributed by atoms with van der Waals surface area (Å²) in [5.41, 5.74) is 2.03. The summed E-state index contributed by atoms with van der Waals surface area (Å²) in [6.07, 6.45) is 0.0375. The highest BCUT2D eigenvalue weighted by Gasteiger charge is 2.44. The number of carbonyl (C=O) groups excluding carboxylic acids is 4. The van der Waals surface area contributed by atoms with Gasteiger partial charge in [-0.05, 0) is 104 Å². The smallest absolute Gasteiger partial charge is 0.307 e. The van der Waals surface area contributed by atoms with E-state index < -0.39 is 21.7 Å². The second kappa shape index (κ2) is 14.9. The van der Waals surface area contributed by atoms with Crippen LogP contribution >= 0.6 is 0 Å². The molecule has 5 heterocycles. The van der Waals surface area contributed by atoms with Gasteiger partial charge in [-0.15, -0.1) is 0 Å². The molecule has 4 aromatic heterocycles. The summed E-state index contributed by atoms with van der Waals surface area (Å²) in [6, 6.07) is 15.4. The zero-order valence-electron chi connectivity index (χ0n) is 31.5. The van der Waals surface area contributed by atoms with Gasteiger partial charge in [0.2, 0.25) is 0 Å². The lowest BCUT2D eigenvalue weighted by Crippen LogP contribution is -2.34. The molecule has 0 radical (unpaired) electrons. The lowest BCUT2D eigenvalue weighted by molar-refractivity contribution is -0.145. The van der Waals surface area contributed by atoms with Crippen LogP contribution in [0.2, 0.25) is 0 Å². The summed E-state index contributed by atoms with van der Waals surface area (Å²) >= 11 is 0. The number of ether oxygens (including phenoxy) is 4. The third-order valence-corrected chi connectivity index (χ3v) is 10.7. The number of aromatic nitrogens is 4. The van der Waals surface area contributed by atoms with Gasteiger partial charge in [-0.2, -0.15) is 0 Å². The molecule has 52 heavy (non-hydrogen) atoms. The van der Waals surface area contributed by atoms with Crippen LogP contribution in [-0.2, 0) is 59.8 Å². The van der Waals surface area contributed by atoms with E-state index in [9.17, 15) is 19.2 Å². The molecule has 0 amide bonds. The third-order valence-electron chi connectivity index (χ3n) is 10.7. The van der Waals surface area contributed by atoms with Crippen LogP contribution < -0.4 is 0 Å². The Morgan fingerprint density at radius 3 is 0.673 bits per heavy atom. The van der Waals surface area contributed by atoms with Crippen LogP contribution in [0.15, 0.2) is 48.5 Å². The SMILES string of the molecule is CCOC(=O)CC1(C)c2ccc([nH]2)C(C)(CC(=O)OCC)c2ccc([nH]2)C(C)(CC(=O)OCC)c2ccc([nH]2)C(C)(CC(=O)OCC)c2ccc1[nH]2. The second-order valence-corrected chi connectivity index (χ2v) is 14.4. The fourth-order valence-electron chi connectivity index (χ4n) is 7.50. The van der Waals surface area contributed by atoms with Gasteiger partial charge in [0.1, 0.15) is 0 Å². The summed E-state index contributed by atoms with van der Waals surface area (Å²) in [7, 11) is 0. The van der Waals surface area contributed by atoms with Crippen molar-refractivity contribution >= 4 is 23.9 Å². The molecule has 0 aromatic carbocycles. The first-order valence-electron chi connectivity index (χ1n) is 18.1. The average Bonchev–Trinajstić information content (AvgIpc) is 3.91. The Labute approximate surface area is 304 Å². The molecule has 0 fully saturated rings. The van der Waals surface area contributed by atoms with Gasteiger partial charge in [0.15, 0.2) is 0 Å². The molecule has 280 valence electrons. The lowest BCUT2D eigenvalue weighted by atomic mass is 9.79. The van der Waals surface area contributed by atoms with Crippen molar-refractivity contribution in [1.29, 1.82) is 0 Å². The van der Waals surface area contributed by atoms with E-state index in [-0.39, 0.29) is 76.0 Å². The Hall–Kier alpha value is -5.00. The monoisotopic (exact) mass is 716 g/mol. The van der Waals surface area contributed by atoms with Crippen LogP contribution in [0.25, 0.3) is 0 Å². The molecule has 0 spiro atoms. The van der Waals surface area contributed by atoms with Gasteiger partial charge in [-0.25, -0.2) is 0 Å². The van der Waals surface area contributed by atoms with E-state index in [1.807, 2.05) is 76.2 Å². The topological polar surface area (TPSA) is 168 Å². The zero-order valence-corrected chi connectivity index (χ0v) is 31.5. The highest BCUT2D eigenvalue weighted by molar-refractivity contribution is 5.75. The van der Waals surface area contributed by atoms with E-state index in [0.29, 0.717) is 0 Å². The Balaban J connectivity index is 1.81. The van der Waals surface area contributed by atoms with Crippen LogP contribution in [0.5, 0.6) is 0 Å². The number of H-pyrrole nitrogens is 4. The van der Waals surface area contributed by atoms with Gasteiger partial charge < -0.3 is 38.9 Å². The Bertz CT molecular complexity index is 1560. The number of aromatic amines is 4. The van der Waals surface area contributed by atoms with Crippen molar-refractivity contribution in [2.75, 3.05) is 26.4 Å². The van der Waals surface area contributed by atoms with Crippen molar-refractivity contribution in [3.63, 3.8) is 0 Å². The first-order valence-corrected chi connectivity index (χ1v) is 18.1. The number of fused-ring (bicyclic) bond motifs is 8. The van der Waals surface area contributed by atoms with Crippen molar-refractivity contribution in [1.82, 2.24) is 19.9 Å². The molecule has 1 aliphatic rings. The van der Waals surface area contributed by atoms with E-state index >= 15 is 0 Å². The third kappa shape index (κ3) is 7.07. The molecule has 0 saturated carbocycles. The number of carbonyl (C=O) groups is 4. The van der Waals surface area contributed by atoms with E-state index in [0.717, 1.165) is 45.6 Å². The summed E-state index contributed by atoms with van der Waals surface area (Å²) < 4.78 is 21.8. The van der Waals surface area contributed by atoms with Crippen LogP contribution in [0.3, 0.4) is 0 Å². The minimum absolute atomic E-state index is 0.00937. The number of nitrogens with one attached hydrogen (secondary N) is 4. The fourth-order valence-corrected chi connectivity index (χ4v) is 7.50. The molecule has 1 aliphatic heterocycles. The Morgan fingerprint density at radius 1 is 0.385 bits per heavy atom. The van der Waals surface area contributed by atoms with Crippen molar-refractivity contribution in [3.05, 3.63) is 94.1 Å². The standard InChI is InChI=1S/C40H52N4O8/c1-9-49-33(45)21-37(5)25-13-15-27(41-25)38(6,22-34(46)50-10-2)29-17-19-31(43-29)40(8,24-36(48)52-12-4)32-20-18-30(44-32)39(7,23-35(47)51-11-3)28-16-14-26(37)42-28/h13-20,41-44H,9-12,21-24H2,1-8H3. The van der Waals surface area contributed by atoms with Gasteiger partial charge in [0, 0.05) is 45.6 Å². The van der Waals surface area contributed by atoms with Crippen LogP contribution in [0, 0.1) is 0 Å². The number of hydrogen-bond acceptors (Lipinski definition) is 8. The van der Waals surface area contributed by atoms with E-state index in [1.165, 1.54) is 0 Å². The molecule has 0 saturated heterocycles. The zero-order chi connectivity index (χ0) is 37.9. The first-order chi connectivity index (χ1) is 24.7. The first kappa shape index (κ1) is 38.2. The number of esters is 4. The molecule has 0 unspecified atom stereocenters. The van der Waals surface area contributed by atoms with Crippen molar-refractivity contribution in [3.8, 4) is 0 Å². The Kier molecular flexibility index (Phi) is 11.0. The predicted octanol–water partition coefficient (Wildman–Crippen LogP) is 6.35. The number of hydrogen-bond donors (Lipinski definition) is 4. The van der Waals surface area contributed by atoms with E-state index in [4.69, 9.17) is 18.9 Å². The molecular weight excluding hydrogens is 664 g/mol. The van der Waals surface area contributed by atoms with Gasteiger partial charge in [-0.1, -0.05) is 0 Å². The summed E-state index contributed by atoms with van der Waals surface area (Å²) in [4.78, 5) is 67.3. The van der Waals surface area contributed by atoms with E-state index in [2.05, 4.69) is 19.9 Å². The second-order valence-electron chi connectivity index (χ2n) is 14.4. The minimum Gasteiger partial charge on any atom is -0.466 e. The maximum atomic E-state index is 13.2. The number of rotatable bonds is 12. The molecule has 12 heteroatoms. The Morgan fingerprint density at radius 2 is 0.538 bits per heavy atom. The van der Waals surface area contributed by atoms with Crippen LogP contribution in [-0.4, -0.2) is 70.2 Å². The van der Waals surface area contributed by atoms with E-state index in [1.54, 1.807) is 27.7 Å². The van der Waals surface area contributed by atoms with Crippen LogP contribution in [0.1, 0.15) is 127 Å². The van der Waals surface area contributed by atoms with Gasteiger partial charge in [0.25, 0.3) is 0 Å². The molecule has 5 rings (SSSR count). The van der Waals surface area contributed by atoms with Crippen molar-refractivity contribution in [2.45, 2.75) is 103 Å². The van der Waals surface area contributed by atoms with Gasteiger partial charge >= 0.3 is 23.9 Å². The van der Waals surface area contributed by atoms with Gasteiger partial charge in [-0.3, -0.25) is 19.2 Å². The maximum Gasteiger partial charge on any atom is 0.307 e. The van der Waals surface area contributed by atoms with Gasteiger partial charge in [0.05, 0.1) is 73.8 Å². The highest BCUT2D eigenvalue weighted by Crippen LogP contribution is 2.45. The maximum absolute atomic E-state index is 13.2. The van der Waals surface area contributed by atoms with Crippen LogP contribution in [0.4, 0.5) is 0 Å². The fraction of sp³-hybridized carbons (Fsp3) is 0.500. The van der Waals surface area contributed by atoms with Crippen molar-refractivity contribution < 1.29 is 38.1 Å². The minimum atomic E-state index is -0.935. The van der Waals surface area contributed by atoms with Crippen molar-refractivity contribution in [2.24, 2.45) is 0 Å². The molecule has 8 bridgehead atoms. The molecule has 0 atom stereocenters. The average molecular weight is 717 g/mol. The molecule has 4 N–H and O–H groups in total. The summed E-state index contributed by atoms with van der Waals surface area (Å²) in [5, 5.41) is 0. The molecular formula is C40H52N4O8. The quantitative estimate of drug-likeness (QED) is 0.0972. The normalized spacial score (nSPS) is 23.8. The highest BCUT2D eigenvalue weighted by atomic mass is 16.5. The summed E-state index contributed by atoms with van der Waals surface area (Å²) in [5.74, 6) is -1.50. The lowest BCUT2D eigenvalue weighted by Gasteiger charge is -2.32. The molecule has 12 nitrogen and oxygen atoms in total. The largest absolute Gasteiger partial charge is 0.466 e.